The van der Waals surface area contributed by atoms with Gasteiger partial charge in [-0.2, -0.15) is 0 Å². The molecule has 3 aromatic rings. The molecule has 0 spiro atoms. The zero-order valence-corrected chi connectivity index (χ0v) is 19.0. The van der Waals surface area contributed by atoms with E-state index in [0.717, 1.165) is 48.6 Å². The summed E-state index contributed by atoms with van der Waals surface area (Å²) in [6.45, 7) is 5.54. The molecular weight excluding hydrogens is 390 g/mol. The van der Waals surface area contributed by atoms with Gasteiger partial charge >= 0.3 is 0 Å². The van der Waals surface area contributed by atoms with E-state index in [0.29, 0.717) is 0 Å². The van der Waals surface area contributed by atoms with Gasteiger partial charge in [-0.25, -0.2) is 15.0 Å². The Morgan fingerprint density at radius 3 is 2.63 bits per heavy atom. The molecule has 0 bridgehead atoms. The van der Waals surface area contributed by atoms with E-state index >= 15 is 0 Å². The van der Waals surface area contributed by atoms with Crippen molar-refractivity contribution in [1.82, 2.24) is 15.0 Å². The number of unbranched alkanes of at least 4 members (excludes halogenated alkanes) is 3. The molecule has 0 unspecified atom stereocenters. The fourth-order valence-corrected chi connectivity index (χ4v) is 6.21. The maximum absolute atomic E-state index is 5.26. The lowest BCUT2D eigenvalue weighted by atomic mass is 9.89. The third kappa shape index (κ3) is 3.75. The summed E-state index contributed by atoms with van der Waals surface area (Å²) in [5, 5.41) is 4.89. The number of aryl methyl sites for hydroxylation is 1. The van der Waals surface area contributed by atoms with Crippen molar-refractivity contribution in [3.63, 3.8) is 0 Å². The molecule has 0 saturated carbocycles. The summed E-state index contributed by atoms with van der Waals surface area (Å²) in [6, 6.07) is 0. The van der Waals surface area contributed by atoms with Crippen molar-refractivity contribution in [3.8, 4) is 0 Å². The molecule has 1 aliphatic carbocycles. The second kappa shape index (κ2) is 9.04. The topological polar surface area (TPSA) is 53.9 Å². The standard InChI is InChI=1S/C24H33N5S/c1-2-3-4-8-13-25-22-21-20(26-16-27-22)19-17-11-6-7-12-18(17)23(28-24(19)30-21)29-14-9-5-10-15-29/h16H,2-15H2,1H3,(H,25,26,27). The summed E-state index contributed by atoms with van der Waals surface area (Å²) in [6.07, 6.45) is 15.6. The van der Waals surface area contributed by atoms with Crippen LogP contribution in [-0.4, -0.2) is 34.6 Å². The maximum atomic E-state index is 5.26. The molecule has 0 radical (unpaired) electrons. The third-order valence-electron chi connectivity index (χ3n) is 6.68. The van der Waals surface area contributed by atoms with Gasteiger partial charge in [0.1, 0.15) is 22.8 Å². The van der Waals surface area contributed by atoms with Gasteiger partial charge in [-0.05, 0) is 62.5 Å². The molecule has 160 valence electrons. The van der Waals surface area contributed by atoms with Crippen LogP contribution in [-0.2, 0) is 12.8 Å². The maximum Gasteiger partial charge on any atom is 0.147 e. The molecule has 1 fully saturated rings. The Morgan fingerprint density at radius 2 is 1.80 bits per heavy atom. The summed E-state index contributed by atoms with van der Waals surface area (Å²) < 4.78 is 1.18. The number of nitrogens with one attached hydrogen (secondary N) is 1. The van der Waals surface area contributed by atoms with Crippen LogP contribution in [0.1, 0.15) is 75.8 Å². The van der Waals surface area contributed by atoms with Crippen LogP contribution < -0.4 is 10.2 Å². The van der Waals surface area contributed by atoms with Crippen LogP contribution in [0.5, 0.6) is 0 Å². The molecule has 3 aromatic heterocycles. The van der Waals surface area contributed by atoms with E-state index in [1.807, 2.05) is 0 Å². The normalized spacial score (nSPS) is 16.9. The van der Waals surface area contributed by atoms with E-state index in [2.05, 4.69) is 22.1 Å². The zero-order chi connectivity index (χ0) is 20.3. The minimum atomic E-state index is 0.977. The Labute approximate surface area is 183 Å². The number of hydrogen-bond acceptors (Lipinski definition) is 6. The predicted octanol–water partition coefficient (Wildman–Crippen LogP) is 6.10. The van der Waals surface area contributed by atoms with E-state index in [-0.39, 0.29) is 0 Å². The third-order valence-corrected chi connectivity index (χ3v) is 7.76. The molecule has 30 heavy (non-hydrogen) atoms. The van der Waals surface area contributed by atoms with Crippen molar-refractivity contribution < 1.29 is 0 Å². The summed E-state index contributed by atoms with van der Waals surface area (Å²) in [5.41, 5.74) is 4.13. The lowest BCUT2D eigenvalue weighted by Crippen LogP contribution is -2.31. The smallest absolute Gasteiger partial charge is 0.147 e. The second-order valence-electron chi connectivity index (χ2n) is 8.82. The number of piperidine rings is 1. The first-order chi connectivity index (χ1) is 14.9. The van der Waals surface area contributed by atoms with Crippen molar-refractivity contribution >= 4 is 43.4 Å². The van der Waals surface area contributed by atoms with Gasteiger partial charge in [0.05, 0.1) is 10.2 Å². The Morgan fingerprint density at radius 1 is 0.967 bits per heavy atom. The van der Waals surface area contributed by atoms with Crippen LogP contribution in [0.2, 0.25) is 0 Å². The molecule has 5 nitrogen and oxygen atoms in total. The van der Waals surface area contributed by atoms with E-state index in [9.17, 15) is 0 Å². The highest BCUT2D eigenvalue weighted by atomic mass is 32.1. The SMILES string of the molecule is CCCCCCNc1ncnc2c1sc1nc(N3CCCCC3)c3c(c12)CCCC3. The first kappa shape index (κ1) is 20.0. The highest BCUT2D eigenvalue weighted by Gasteiger charge is 2.26. The van der Waals surface area contributed by atoms with Gasteiger partial charge in [-0.15, -0.1) is 11.3 Å². The van der Waals surface area contributed by atoms with Crippen LogP contribution in [0.25, 0.3) is 20.4 Å². The molecule has 1 N–H and O–H groups in total. The fourth-order valence-electron chi connectivity index (χ4n) is 5.09. The first-order valence-electron chi connectivity index (χ1n) is 11.9. The summed E-state index contributed by atoms with van der Waals surface area (Å²) in [4.78, 5) is 18.3. The molecule has 0 atom stereocenters. The highest BCUT2D eigenvalue weighted by molar-refractivity contribution is 7.26. The van der Waals surface area contributed by atoms with Crippen LogP contribution in [0.15, 0.2) is 6.33 Å². The van der Waals surface area contributed by atoms with Gasteiger partial charge in [0, 0.05) is 25.0 Å². The number of fused-ring (bicyclic) bond motifs is 5. The van der Waals surface area contributed by atoms with Crippen LogP contribution in [0.4, 0.5) is 11.6 Å². The van der Waals surface area contributed by atoms with Gasteiger partial charge in [0.15, 0.2) is 0 Å². The Balaban J connectivity index is 1.56. The number of pyridine rings is 1. The molecule has 4 heterocycles. The first-order valence-corrected chi connectivity index (χ1v) is 12.8. The van der Waals surface area contributed by atoms with Gasteiger partial charge in [-0.1, -0.05) is 26.2 Å². The van der Waals surface area contributed by atoms with Crippen LogP contribution >= 0.6 is 11.3 Å². The molecule has 0 amide bonds. The van der Waals surface area contributed by atoms with Crippen molar-refractivity contribution in [3.05, 3.63) is 17.5 Å². The van der Waals surface area contributed by atoms with Crippen LogP contribution in [0.3, 0.4) is 0 Å². The zero-order valence-electron chi connectivity index (χ0n) is 18.2. The molecule has 2 aliphatic rings. The Bertz CT molecular complexity index is 1020. The molecule has 5 rings (SSSR count). The largest absolute Gasteiger partial charge is 0.369 e. The highest BCUT2D eigenvalue weighted by Crippen LogP contribution is 2.42. The summed E-state index contributed by atoms with van der Waals surface area (Å²) in [7, 11) is 0. The predicted molar refractivity (Wildman–Crippen MR) is 128 cm³/mol. The minimum Gasteiger partial charge on any atom is -0.369 e. The van der Waals surface area contributed by atoms with E-state index in [4.69, 9.17) is 9.97 Å². The van der Waals surface area contributed by atoms with Crippen molar-refractivity contribution in [2.45, 2.75) is 77.6 Å². The molecule has 1 saturated heterocycles. The summed E-state index contributed by atoms with van der Waals surface area (Å²) >= 11 is 1.78. The Kier molecular flexibility index (Phi) is 6.02. The van der Waals surface area contributed by atoms with Gasteiger partial charge in [-0.3, -0.25) is 0 Å². The molecule has 0 aromatic carbocycles. The van der Waals surface area contributed by atoms with E-state index in [1.54, 1.807) is 17.7 Å². The van der Waals surface area contributed by atoms with Crippen molar-refractivity contribution in [2.75, 3.05) is 29.9 Å². The number of hydrogen-bond donors (Lipinski definition) is 1. The second-order valence-corrected chi connectivity index (χ2v) is 9.82. The van der Waals surface area contributed by atoms with Gasteiger partial charge in [0.25, 0.3) is 0 Å². The lowest BCUT2D eigenvalue weighted by molar-refractivity contribution is 0.569. The average Bonchev–Trinajstić information content (AvgIpc) is 3.18. The number of thiophene rings is 1. The van der Waals surface area contributed by atoms with Crippen molar-refractivity contribution in [2.24, 2.45) is 0 Å². The fraction of sp³-hybridized carbons (Fsp3) is 0.625. The average molecular weight is 424 g/mol. The lowest BCUT2D eigenvalue weighted by Gasteiger charge is -2.31. The Hall–Kier alpha value is -1.95. The number of rotatable bonds is 7. The minimum absolute atomic E-state index is 0.977. The number of nitrogens with zero attached hydrogens (tertiary/aromatic N) is 4. The van der Waals surface area contributed by atoms with Gasteiger partial charge < -0.3 is 10.2 Å². The number of aromatic nitrogens is 3. The van der Waals surface area contributed by atoms with Crippen LogP contribution in [0, 0.1) is 0 Å². The summed E-state index contributed by atoms with van der Waals surface area (Å²) in [5.74, 6) is 2.26. The van der Waals surface area contributed by atoms with Crippen molar-refractivity contribution in [1.29, 1.82) is 0 Å². The van der Waals surface area contributed by atoms with E-state index in [1.165, 1.54) is 84.8 Å². The molecule has 1 aliphatic heterocycles. The number of anilines is 2. The molecule has 6 heteroatoms. The monoisotopic (exact) mass is 423 g/mol. The van der Waals surface area contributed by atoms with E-state index < -0.39 is 0 Å². The molecular formula is C24H33N5S. The van der Waals surface area contributed by atoms with Gasteiger partial charge in [0.2, 0.25) is 0 Å². The quantitative estimate of drug-likeness (QED) is 0.465.